The number of benzene rings is 1. The summed E-state index contributed by atoms with van der Waals surface area (Å²) < 4.78 is 41.1. The smallest absolute Gasteiger partial charge is 0.354 e. The summed E-state index contributed by atoms with van der Waals surface area (Å²) in [6, 6.07) is 5.22. The van der Waals surface area contributed by atoms with E-state index < -0.39 is 17.4 Å². The monoisotopic (exact) mass is 406 g/mol. The van der Waals surface area contributed by atoms with Crippen LogP contribution in [0.1, 0.15) is 24.0 Å². The number of hydrogen-bond acceptors (Lipinski definition) is 5. The van der Waals surface area contributed by atoms with Crippen molar-refractivity contribution in [2.45, 2.75) is 25.6 Å². The van der Waals surface area contributed by atoms with Crippen molar-refractivity contribution in [3.8, 4) is 0 Å². The van der Waals surface area contributed by atoms with E-state index in [0.717, 1.165) is 32.0 Å². The summed E-state index contributed by atoms with van der Waals surface area (Å²) in [5, 5.41) is 6.51. The maximum atomic E-state index is 13.3. The first kappa shape index (κ1) is 19.4. The Morgan fingerprint density at radius 2 is 2.10 bits per heavy atom. The number of hydrogen-bond donors (Lipinski definition) is 3. The van der Waals surface area contributed by atoms with Crippen LogP contribution in [0.5, 0.6) is 0 Å². The van der Waals surface area contributed by atoms with E-state index in [1.807, 2.05) is 0 Å². The summed E-state index contributed by atoms with van der Waals surface area (Å²) in [6.07, 6.45) is -0.813. The molecular weight excluding hydrogens is 385 g/mol. The fraction of sp³-hybridized carbons (Fsp3) is 0.421. The molecule has 4 rings (SSSR count). The SMILES string of the molecule is O=c1[nH]c2cnc(NC[C@H]3CCCNC3)nc2n1Cc1ccccc1C(F)(F)F. The number of nitrogens with zero attached hydrogens (tertiary/aromatic N) is 3. The average molecular weight is 406 g/mol. The van der Waals surface area contributed by atoms with Gasteiger partial charge in [-0.15, -0.1) is 0 Å². The van der Waals surface area contributed by atoms with Crippen molar-refractivity contribution in [1.29, 1.82) is 0 Å². The predicted molar refractivity (Wildman–Crippen MR) is 103 cm³/mol. The largest absolute Gasteiger partial charge is 0.416 e. The standard InChI is InChI=1S/C19H21F3N6O/c20-19(21,22)14-6-2-1-5-13(14)11-28-16-15(26-18(28)29)10-25-17(27-16)24-9-12-4-3-7-23-8-12/h1-2,5-6,10,12,23H,3-4,7-9,11H2,(H,26,29)(H,24,25,27)/t12-/m0/s1. The molecule has 0 unspecified atom stereocenters. The number of aromatic nitrogens is 4. The van der Waals surface area contributed by atoms with Crippen LogP contribution in [0.25, 0.3) is 11.2 Å². The molecule has 0 aliphatic carbocycles. The Morgan fingerprint density at radius 3 is 2.86 bits per heavy atom. The van der Waals surface area contributed by atoms with Crippen molar-refractivity contribution in [3.05, 3.63) is 52.1 Å². The van der Waals surface area contributed by atoms with Crippen LogP contribution in [0.3, 0.4) is 0 Å². The molecule has 1 aliphatic rings. The van der Waals surface area contributed by atoms with Gasteiger partial charge in [-0.25, -0.2) is 9.78 Å². The quantitative estimate of drug-likeness (QED) is 0.606. The van der Waals surface area contributed by atoms with Crippen molar-refractivity contribution >= 4 is 17.1 Å². The zero-order valence-corrected chi connectivity index (χ0v) is 15.6. The minimum atomic E-state index is -4.50. The molecule has 3 N–H and O–H groups in total. The molecule has 29 heavy (non-hydrogen) atoms. The number of anilines is 1. The first-order chi connectivity index (χ1) is 13.9. The molecule has 2 aromatic heterocycles. The molecule has 0 spiro atoms. The van der Waals surface area contributed by atoms with Crippen molar-refractivity contribution in [3.63, 3.8) is 0 Å². The molecule has 1 aliphatic heterocycles. The van der Waals surface area contributed by atoms with E-state index in [9.17, 15) is 18.0 Å². The third kappa shape index (κ3) is 4.26. The second-order valence-corrected chi connectivity index (χ2v) is 7.20. The van der Waals surface area contributed by atoms with Crippen molar-refractivity contribution in [2.75, 3.05) is 25.0 Å². The summed E-state index contributed by atoms with van der Waals surface area (Å²) in [7, 11) is 0. The number of aromatic amines is 1. The van der Waals surface area contributed by atoms with Gasteiger partial charge in [-0.2, -0.15) is 18.2 Å². The normalized spacial score (nSPS) is 17.6. The fourth-order valence-corrected chi connectivity index (χ4v) is 3.62. The maximum absolute atomic E-state index is 13.3. The zero-order valence-electron chi connectivity index (χ0n) is 15.6. The molecule has 0 radical (unpaired) electrons. The van der Waals surface area contributed by atoms with E-state index in [1.165, 1.54) is 29.0 Å². The van der Waals surface area contributed by atoms with Crippen molar-refractivity contribution < 1.29 is 13.2 Å². The molecule has 1 saturated heterocycles. The molecule has 1 fully saturated rings. The third-order valence-electron chi connectivity index (χ3n) is 5.11. The van der Waals surface area contributed by atoms with Crippen LogP contribution in [0.2, 0.25) is 0 Å². The lowest BCUT2D eigenvalue weighted by molar-refractivity contribution is -0.138. The van der Waals surface area contributed by atoms with Gasteiger partial charge in [0, 0.05) is 6.54 Å². The lowest BCUT2D eigenvalue weighted by Gasteiger charge is -2.22. The van der Waals surface area contributed by atoms with E-state index in [4.69, 9.17) is 0 Å². The zero-order chi connectivity index (χ0) is 20.4. The molecule has 7 nitrogen and oxygen atoms in total. The summed E-state index contributed by atoms with van der Waals surface area (Å²) >= 11 is 0. The van der Waals surface area contributed by atoms with Crippen LogP contribution < -0.4 is 16.3 Å². The molecular formula is C19H21F3N6O. The van der Waals surface area contributed by atoms with Crippen molar-refractivity contribution in [2.24, 2.45) is 5.92 Å². The number of imidazole rings is 1. The molecule has 1 aromatic carbocycles. The Kier molecular flexibility index (Phi) is 5.27. The number of H-pyrrole nitrogens is 1. The summed E-state index contributed by atoms with van der Waals surface area (Å²) in [5.74, 6) is 0.801. The number of rotatable bonds is 5. The second-order valence-electron chi connectivity index (χ2n) is 7.20. The molecule has 3 heterocycles. The highest BCUT2D eigenvalue weighted by Crippen LogP contribution is 2.32. The number of fused-ring (bicyclic) bond motifs is 1. The van der Waals surface area contributed by atoms with E-state index in [-0.39, 0.29) is 17.8 Å². The summed E-state index contributed by atoms with van der Waals surface area (Å²) in [4.78, 5) is 23.5. The minimum Gasteiger partial charge on any atom is -0.354 e. The Bertz CT molecular complexity index is 1050. The van der Waals surface area contributed by atoms with Gasteiger partial charge in [0.25, 0.3) is 0 Å². The highest BCUT2D eigenvalue weighted by atomic mass is 19.4. The van der Waals surface area contributed by atoms with Gasteiger partial charge in [0.05, 0.1) is 18.3 Å². The molecule has 0 amide bonds. The van der Waals surface area contributed by atoms with Crippen LogP contribution in [-0.4, -0.2) is 39.2 Å². The Hall–Kier alpha value is -2.88. The number of piperidine rings is 1. The lowest BCUT2D eigenvalue weighted by atomic mass is 10.00. The topological polar surface area (TPSA) is 87.6 Å². The Labute approximate surface area is 164 Å². The highest BCUT2D eigenvalue weighted by Gasteiger charge is 2.33. The molecule has 0 bridgehead atoms. The predicted octanol–water partition coefficient (Wildman–Crippen LogP) is 2.60. The lowest BCUT2D eigenvalue weighted by Crippen LogP contribution is -2.33. The van der Waals surface area contributed by atoms with E-state index in [2.05, 4.69) is 25.6 Å². The molecule has 0 saturated carbocycles. The van der Waals surface area contributed by atoms with Crippen LogP contribution in [-0.2, 0) is 12.7 Å². The molecule has 154 valence electrons. The third-order valence-corrected chi connectivity index (χ3v) is 5.11. The second kappa shape index (κ2) is 7.86. The minimum absolute atomic E-state index is 0.00408. The summed E-state index contributed by atoms with van der Waals surface area (Å²) in [5.41, 5.74) is -0.640. The Morgan fingerprint density at radius 1 is 1.28 bits per heavy atom. The maximum Gasteiger partial charge on any atom is 0.416 e. The van der Waals surface area contributed by atoms with E-state index >= 15 is 0 Å². The molecule has 1 atom stereocenters. The van der Waals surface area contributed by atoms with Gasteiger partial charge in [0.2, 0.25) is 5.95 Å². The Balaban J connectivity index is 1.61. The van der Waals surface area contributed by atoms with Gasteiger partial charge in [0.1, 0.15) is 5.52 Å². The number of halogens is 3. The van der Waals surface area contributed by atoms with Gasteiger partial charge in [-0.3, -0.25) is 4.57 Å². The van der Waals surface area contributed by atoms with Crippen LogP contribution in [0, 0.1) is 5.92 Å². The van der Waals surface area contributed by atoms with Gasteiger partial charge in [0.15, 0.2) is 5.65 Å². The van der Waals surface area contributed by atoms with Gasteiger partial charge >= 0.3 is 11.9 Å². The average Bonchev–Trinajstić information content (AvgIpc) is 3.01. The van der Waals surface area contributed by atoms with Gasteiger partial charge < -0.3 is 15.6 Å². The highest BCUT2D eigenvalue weighted by molar-refractivity contribution is 5.71. The first-order valence-corrected chi connectivity index (χ1v) is 9.47. The van der Waals surface area contributed by atoms with Crippen LogP contribution in [0.15, 0.2) is 35.3 Å². The summed E-state index contributed by atoms with van der Waals surface area (Å²) in [6.45, 7) is 2.38. The van der Waals surface area contributed by atoms with Crippen LogP contribution in [0.4, 0.5) is 19.1 Å². The molecule has 10 heteroatoms. The fourth-order valence-electron chi connectivity index (χ4n) is 3.62. The molecule has 3 aromatic rings. The van der Waals surface area contributed by atoms with Gasteiger partial charge in [-0.1, -0.05) is 18.2 Å². The number of alkyl halides is 3. The van der Waals surface area contributed by atoms with E-state index in [0.29, 0.717) is 23.9 Å². The number of nitrogens with one attached hydrogen (secondary N) is 3. The van der Waals surface area contributed by atoms with Crippen LogP contribution >= 0.6 is 0 Å². The first-order valence-electron chi connectivity index (χ1n) is 9.47. The van der Waals surface area contributed by atoms with E-state index in [1.54, 1.807) is 0 Å². The van der Waals surface area contributed by atoms with Crippen molar-refractivity contribution in [1.82, 2.24) is 24.8 Å². The van der Waals surface area contributed by atoms with Gasteiger partial charge in [-0.05, 0) is 43.5 Å².